The maximum Gasteiger partial charge on any atom is 0.272 e. The number of hydrogen-bond acceptors (Lipinski definition) is 6. The highest BCUT2D eigenvalue weighted by Gasteiger charge is 2.31. The van der Waals surface area contributed by atoms with Gasteiger partial charge in [-0.05, 0) is 24.5 Å². The quantitative estimate of drug-likeness (QED) is 0.725. The Morgan fingerprint density at radius 2 is 2.21 bits per heavy atom. The van der Waals surface area contributed by atoms with Crippen molar-refractivity contribution < 1.29 is 4.79 Å². The van der Waals surface area contributed by atoms with Crippen LogP contribution in [0.25, 0.3) is 10.2 Å². The monoisotopic (exact) mass is 359 g/mol. The SMILES string of the molecule is CSc1cccc2sc(N3CC(NC(=O)c4ccn(C)n4)C3)nc12. The second kappa shape index (κ2) is 6.10. The van der Waals surface area contributed by atoms with Gasteiger partial charge < -0.3 is 10.2 Å². The van der Waals surface area contributed by atoms with Crippen LogP contribution in [0.2, 0.25) is 0 Å². The first-order chi connectivity index (χ1) is 11.6. The van der Waals surface area contributed by atoms with Gasteiger partial charge in [0.05, 0.1) is 16.3 Å². The molecule has 1 aromatic carbocycles. The highest BCUT2D eigenvalue weighted by molar-refractivity contribution is 7.98. The summed E-state index contributed by atoms with van der Waals surface area (Å²) in [6.07, 6.45) is 3.84. The summed E-state index contributed by atoms with van der Waals surface area (Å²) >= 11 is 3.42. The number of carbonyl (C=O) groups is 1. The smallest absolute Gasteiger partial charge is 0.272 e. The van der Waals surface area contributed by atoms with Gasteiger partial charge in [-0.25, -0.2) is 4.98 Å². The maximum absolute atomic E-state index is 12.1. The largest absolute Gasteiger partial charge is 0.344 e. The zero-order valence-corrected chi connectivity index (χ0v) is 15.0. The van der Waals surface area contributed by atoms with Gasteiger partial charge in [-0.15, -0.1) is 11.8 Å². The van der Waals surface area contributed by atoms with E-state index in [1.54, 1.807) is 47.1 Å². The second-order valence-electron chi connectivity index (χ2n) is 5.75. The van der Waals surface area contributed by atoms with Crippen molar-refractivity contribution in [2.24, 2.45) is 7.05 Å². The van der Waals surface area contributed by atoms with Crippen molar-refractivity contribution in [3.63, 3.8) is 0 Å². The zero-order chi connectivity index (χ0) is 16.7. The summed E-state index contributed by atoms with van der Waals surface area (Å²) in [5, 5.41) is 8.17. The Labute approximate surface area is 147 Å². The number of amides is 1. The van der Waals surface area contributed by atoms with E-state index in [4.69, 9.17) is 4.98 Å². The number of anilines is 1. The molecular weight excluding hydrogens is 342 g/mol. The van der Waals surface area contributed by atoms with Crippen molar-refractivity contribution >= 4 is 44.4 Å². The van der Waals surface area contributed by atoms with Crippen LogP contribution in [0.3, 0.4) is 0 Å². The molecule has 4 rings (SSSR count). The number of para-hydroxylation sites is 1. The number of fused-ring (bicyclic) bond motifs is 1. The first-order valence-corrected chi connectivity index (χ1v) is 9.67. The van der Waals surface area contributed by atoms with Crippen molar-refractivity contribution in [3.05, 3.63) is 36.2 Å². The molecule has 124 valence electrons. The van der Waals surface area contributed by atoms with Gasteiger partial charge in [0.1, 0.15) is 5.69 Å². The van der Waals surface area contributed by atoms with Crippen LogP contribution >= 0.6 is 23.1 Å². The minimum atomic E-state index is -0.116. The van der Waals surface area contributed by atoms with Gasteiger partial charge in [0.25, 0.3) is 5.91 Å². The lowest BCUT2D eigenvalue weighted by Crippen LogP contribution is -2.59. The summed E-state index contributed by atoms with van der Waals surface area (Å²) in [6, 6.07) is 8.15. The van der Waals surface area contributed by atoms with E-state index >= 15 is 0 Å². The van der Waals surface area contributed by atoms with Crippen LogP contribution in [0.1, 0.15) is 10.5 Å². The number of hydrogen-bond donors (Lipinski definition) is 1. The van der Waals surface area contributed by atoms with E-state index in [9.17, 15) is 4.79 Å². The predicted octanol–water partition coefficient (Wildman–Crippen LogP) is 2.37. The van der Waals surface area contributed by atoms with E-state index in [0.717, 1.165) is 23.7 Å². The number of nitrogens with zero attached hydrogens (tertiary/aromatic N) is 4. The van der Waals surface area contributed by atoms with Gasteiger partial charge in [-0.2, -0.15) is 5.10 Å². The molecule has 1 aliphatic heterocycles. The summed E-state index contributed by atoms with van der Waals surface area (Å²) in [6.45, 7) is 1.57. The molecule has 0 atom stereocenters. The van der Waals surface area contributed by atoms with Crippen LogP contribution in [0.4, 0.5) is 5.13 Å². The van der Waals surface area contributed by atoms with Crippen LogP contribution < -0.4 is 10.2 Å². The van der Waals surface area contributed by atoms with Crippen LogP contribution in [-0.4, -0.2) is 46.1 Å². The molecule has 0 saturated carbocycles. The zero-order valence-electron chi connectivity index (χ0n) is 13.4. The molecule has 1 N–H and O–H groups in total. The van der Waals surface area contributed by atoms with E-state index in [0.29, 0.717) is 5.69 Å². The molecule has 0 bridgehead atoms. The Morgan fingerprint density at radius 1 is 1.38 bits per heavy atom. The third kappa shape index (κ3) is 2.76. The molecule has 0 aliphatic carbocycles. The third-order valence-electron chi connectivity index (χ3n) is 4.02. The van der Waals surface area contributed by atoms with Gasteiger partial charge in [-0.3, -0.25) is 9.48 Å². The fourth-order valence-electron chi connectivity index (χ4n) is 2.73. The van der Waals surface area contributed by atoms with E-state index < -0.39 is 0 Å². The molecule has 3 heterocycles. The van der Waals surface area contributed by atoms with Crippen LogP contribution in [-0.2, 0) is 7.05 Å². The summed E-state index contributed by atoms with van der Waals surface area (Å²) in [5.74, 6) is -0.116. The molecule has 2 aromatic heterocycles. The van der Waals surface area contributed by atoms with E-state index in [2.05, 4.69) is 39.8 Å². The lowest BCUT2D eigenvalue weighted by Gasteiger charge is -2.39. The summed E-state index contributed by atoms with van der Waals surface area (Å²) in [7, 11) is 1.80. The molecule has 24 heavy (non-hydrogen) atoms. The number of nitrogens with one attached hydrogen (secondary N) is 1. The Morgan fingerprint density at radius 3 is 2.92 bits per heavy atom. The van der Waals surface area contributed by atoms with Gasteiger partial charge in [-0.1, -0.05) is 17.4 Å². The summed E-state index contributed by atoms with van der Waals surface area (Å²) in [5.41, 5.74) is 1.53. The van der Waals surface area contributed by atoms with Gasteiger partial charge in [0.15, 0.2) is 5.13 Å². The fourth-order valence-corrected chi connectivity index (χ4v) is 4.37. The number of aryl methyl sites for hydroxylation is 1. The number of thiazole rings is 1. The lowest BCUT2D eigenvalue weighted by molar-refractivity contribution is 0.0924. The molecule has 1 fully saturated rings. The van der Waals surface area contributed by atoms with Crippen LogP contribution in [0.5, 0.6) is 0 Å². The van der Waals surface area contributed by atoms with Crippen molar-refractivity contribution in [3.8, 4) is 0 Å². The number of rotatable bonds is 4. The maximum atomic E-state index is 12.1. The Hall–Kier alpha value is -2.06. The topological polar surface area (TPSA) is 63.1 Å². The Balaban J connectivity index is 1.41. The number of aromatic nitrogens is 3. The van der Waals surface area contributed by atoms with Gasteiger partial charge in [0.2, 0.25) is 0 Å². The highest BCUT2D eigenvalue weighted by Crippen LogP contribution is 2.35. The third-order valence-corrected chi connectivity index (χ3v) is 5.87. The van der Waals surface area contributed by atoms with Crippen molar-refractivity contribution in [2.75, 3.05) is 24.2 Å². The Bertz CT molecular complexity index is 897. The second-order valence-corrected chi connectivity index (χ2v) is 7.61. The lowest BCUT2D eigenvalue weighted by atomic mass is 10.1. The minimum Gasteiger partial charge on any atom is -0.344 e. The first kappa shape index (κ1) is 15.5. The molecule has 0 unspecified atom stereocenters. The van der Waals surface area contributed by atoms with E-state index in [1.165, 1.54) is 9.60 Å². The van der Waals surface area contributed by atoms with Crippen molar-refractivity contribution in [2.45, 2.75) is 10.9 Å². The minimum absolute atomic E-state index is 0.116. The highest BCUT2D eigenvalue weighted by atomic mass is 32.2. The van der Waals surface area contributed by atoms with Crippen LogP contribution in [0.15, 0.2) is 35.4 Å². The molecule has 1 aliphatic rings. The van der Waals surface area contributed by atoms with Gasteiger partial charge in [0, 0.05) is 31.2 Å². The molecule has 8 heteroatoms. The average Bonchev–Trinajstić information content (AvgIpc) is 3.15. The normalized spacial score (nSPS) is 14.8. The fraction of sp³-hybridized carbons (Fsp3) is 0.312. The number of benzene rings is 1. The molecule has 0 spiro atoms. The number of carbonyl (C=O) groups excluding carboxylic acids is 1. The molecule has 6 nitrogen and oxygen atoms in total. The standard InChI is InChI=1S/C16H17N5OS2/c1-20-7-6-11(19-20)15(22)17-10-8-21(9-10)16-18-14-12(23-2)4-3-5-13(14)24-16/h3-7,10H,8-9H2,1-2H3,(H,17,22). The van der Waals surface area contributed by atoms with Crippen molar-refractivity contribution in [1.29, 1.82) is 0 Å². The van der Waals surface area contributed by atoms with Gasteiger partial charge >= 0.3 is 0 Å². The van der Waals surface area contributed by atoms with E-state index in [-0.39, 0.29) is 11.9 Å². The molecular formula is C16H17N5OS2. The number of thioether (sulfide) groups is 1. The van der Waals surface area contributed by atoms with Crippen LogP contribution in [0, 0.1) is 0 Å². The van der Waals surface area contributed by atoms with Crippen molar-refractivity contribution in [1.82, 2.24) is 20.1 Å². The molecule has 0 radical (unpaired) electrons. The summed E-state index contributed by atoms with van der Waals surface area (Å²) < 4.78 is 2.84. The molecule has 1 saturated heterocycles. The Kier molecular flexibility index (Phi) is 3.93. The predicted molar refractivity (Wildman–Crippen MR) is 98.1 cm³/mol. The molecule has 1 amide bonds. The average molecular weight is 359 g/mol. The molecule has 3 aromatic rings. The van der Waals surface area contributed by atoms with E-state index in [1.807, 2.05) is 0 Å². The first-order valence-electron chi connectivity index (χ1n) is 7.63. The summed E-state index contributed by atoms with van der Waals surface area (Å²) in [4.78, 5) is 20.3.